The third-order valence-corrected chi connectivity index (χ3v) is 3.39. The van der Waals surface area contributed by atoms with E-state index in [1.165, 1.54) is 6.20 Å². The number of halogens is 1. The maximum Gasteiger partial charge on any atom is 0.225 e. The Kier molecular flexibility index (Phi) is 5.63. The molecule has 0 radical (unpaired) electrons. The van der Waals surface area contributed by atoms with Crippen LogP contribution < -0.4 is 10.2 Å². The van der Waals surface area contributed by atoms with Gasteiger partial charge in [0, 0.05) is 26.5 Å². The smallest absolute Gasteiger partial charge is 0.225 e. The molecule has 0 saturated carbocycles. The summed E-state index contributed by atoms with van der Waals surface area (Å²) in [5.41, 5.74) is 1.08. The molecule has 5 nitrogen and oxygen atoms in total. The van der Waals surface area contributed by atoms with Crippen LogP contribution in [0.15, 0.2) is 30.7 Å². The van der Waals surface area contributed by atoms with Gasteiger partial charge in [0.25, 0.3) is 0 Å². The minimum atomic E-state index is -0.429. The maximum absolute atomic E-state index is 13.7. The van der Waals surface area contributed by atoms with Crippen LogP contribution in [0.3, 0.4) is 0 Å². The van der Waals surface area contributed by atoms with Gasteiger partial charge in [0.2, 0.25) is 5.95 Å². The molecule has 0 spiro atoms. The van der Waals surface area contributed by atoms with Crippen molar-refractivity contribution in [2.45, 2.75) is 32.2 Å². The maximum atomic E-state index is 13.7. The van der Waals surface area contributed by atoms with Gasteiger partial charge < -0.3 is 10.2 Å². The number of nitrogens with one attached hydrogen (secondary N) is 1. The first-order valence-corrected chi connectivity index (χ1v) is 7.48. The molecule has 2 aromatic rings. The molecule has 6 heteroatoms. The zero-order valence-corrected chi connectivity index (χ0v) is 13.3. The number of nitrogens with zero attached hydrogens (tertiary/aromatic N) is 4. The molecule has 0 unspecified atom stereocenters. The second kappa shape index (κ2) is 7.68. The lowest BCUT2D eigenvalue weighted by Gasteiger charge is -2.20. The lowest BCUT2D eigenvalue weighted by atomic mass is 10.0. The fourth-order valence-electron chi connectivity index (χ4n) is 2.21. The zero-order chi connectivity index (χ0) is 15.9. The summed E-state index contributed by atoms with van der Waals surface area (Å²) in [6.07, 6.45) is 7.91. The standard InChI is InChI=1S/C16H22FN5/c1-4-5-8-14(12-7-6-9-18-10-12)20-16-19-11-13(17)15(21-16)22(2)3/h6-7,9-11,14H,4-5,8H2,1-3H3,(H,19,20,21)/t14-/m1/s1. The fourth-order valence-corrected chi connectivity index (χ4v) is 2.21. The van der Waals surface area contributed by atoms with Crippen molar-refractivity contribution in [1.29, 1.82) is 0 Å². The Hall–Kier alpha value is -2.24. The molecule has 1 N–H and O–H groups in total. The highest BCUT2D eigenvalue weighted by Gasteiger charge is 2.15. The largest absolute Gasteiger partial charge is 0.360 e. The lowest BCUT2D eigenvalue weighted by Crippen LogP contribution is -2.17. The highest BCUT2D eigenvalue weighted by molar-refractivity contribution is 5.43. The van der Waals surface area contributed by atoms with Crippen LogP contribution in [0.4, 0.5) is 16.2 Å². The van der Waals surface area contributed by atoms with Gasteiger partial charge in [-0.2, -0.15) is 4.98 Å². The van der Waals surface area contributed by atoms with Crippen LogP contribution in [0, 0.1) is 5.82 Å². The average molecular weight is 303 g/mol. The van der Waals surface area contributed by atoms with E-state index in [1.807, 2.05) is 18.3 Å². The van der Waals surface area contributed by atoms with E-state index in [9.17, 15) is 4.39 Å². The van der Waals surface area contributed by atoms with Crippen LogP contribution in [-0.4, -0.2) is 29.0 Å². The fraction of sp³-hybridized carbons (Fsp3) is 0.438. The molecule has 0 aromatic carbocycles. The number of hydrogen-bond donors (Lipinski definition) is 1. The van der Waals surface area contributed by atoms with Crippen LogP contribution >= 0.6 is 0 Å². The number of pyridine rings is 1. The molecule has 0 aliphatic carbocycles. The molecule has 2 aromatic heterocycles. The molecule has 0 fully saturated rings. The number of unbranched alkanes of at least 4 members (excludes halogenated alkanes) is 1. The van der Waals surface area contributed by atoms with Crippen LogP contribution in [0.2, 0.25) is 0 Å². The molecule has 118 valence electrons. The zero-order valence-electron chi connectivity index (χ0n) is 13.3. The summed E-state index contributed by atoms with van der Waals surface area (Å²) in [4.78, 5) is 14.1. The molecule has 0 saturated heterocycles. The van der Waals surface area contributed by atoms with E-state index in [0.717, 1.165) is 24.8 Å². The van der Waals surface area contributed by atoms with E-state index in [-0.39, 0.29) is 11.9 Å². The van der Waals surface area contributed by atoms with Gasteiger partial charge in [0.05, 0.1) is 12.2 Å². The number of rotatable bonds is 7. The minimum Gasteiger partial charge on any atom is -0.360 e. The van der Waals surface area contributed by atoms with Crippen LogP contribution in [0.25, 0.3) is 0 Å². The van der Waals surface area contributed by atoms with Crippen molar-refractivity contribution >= 4 is 11.8 Å². The van der Waals surface area contributed by atoms with Crippen molar-refractivity contribution < 1.29 is 4.39 Å². The second-order valence-corrected chi connectivity index (χ2v) is 5.39. The monoisotopic (exact) mass is 303 g/mol. The van der Waals surface area contributed by atoms with Crippen molar-refractivity contribution in [3.05, 3.63) is 42.1 Å². The third kappa shape index (κ3) is 4.13. The summed E-state index contributed by atoms with van der Waals surface area (Å²) < 4.78 is 13.7. The SMILES string of the molecule is CCCC[C@@H](Nc1ncc(F)c(N(C)C)n1)c1cccnc1. The predicted molar refractivity (Wildman–Crippen MR) is 86.4 cm³/mol. The normalized spacial score (nSPS) is 12.0. The second-order valence-electron chi connectivity index (χ2n) is 5.39. The van der Waals surface area contributed by atoms with E-state index in [4.69, 9.17) is 0 Å². The van der Waals surface area contributed by atoms with Gasteiger partial charge in [0.15, 0.2) is 11.6 Å². The Balaban J connectivity index is 2.21. The molecule has 1 atom stereocenters. The summed E-state index contributed by atoms with van der Waals surface area (Å²) in [6, 6.07) is 4.00. The molecular formula is C16H22FN5. The lowest BCUT2D eigenvalue weighted by molar-refractivity contribution is 0.605. The summed E-state index contributed by atoms with van der Waals surface area (Å²) in [5.74, 6) is 0.273. The van der Waals surface area contributed by atoms with Crippen LogP contribution in [0.1, 0.15) is 37.8 Å². The third-order valence-electron chi connectivity index (χ3n) is 3.39. The molecule has 2 heterocycles. The van der Waals surface area contributed by atoms with Gasteiger partial charge in [-0.3, -0.25) is 4.98 Å². The van der Waals surface area contributed by atoms with Gasteiger partial charge in [-0.1, -0.05) is 25.8 Å². The van der Waals surface area contributed by atoms with Crippen molar-refractivity contribution in [3.8, 4) is 0 Å². The molecule has 0 bridgehead atoms. The molecule has 0 aliphatic heterocycles. The summed E-state index contributed by atoms with van der Waals surface area (Å²) in [5, 5.41) is 3.30. The molecule has 22 heavy (non-hydrogen) atoms. The van der Waals surface area contributed by atoms with Gasteiger partial charge in [-0.15, -0.1) is 0 Å². The van der Waals surface area contributed by atoms with Gasteiger partial charge in [-0.05, 0) is 18.1 Å². The number of anilines is 2. The van der Waals surface area contributed by atoms with Gasteiger partial charge in [0.1, 0.15) is 0 Å². The number of aromatic nitrogens is 3. The Bertz CT molecular complexity index is 588. The van der Waals surface area contributed by atoms with Crippen molar-refractivity contribution in [3.63, 3.8) is 0 Å². The van der Waals surface area contributed by atoms with E-state index < -0.39 is 5.82 Å². The Morgan fingerprint density at radius 1 is 1.32 bits per heavy atom. The summed E-state index contributed by atoms with van der Waals surface area (Å²) >= 11 is 0. The minimum absolute atomic E-state index is 0.0640. The average Bonchev–Trinajstić information content (AvgIpc) is 2.53. The van der Waals surface area contributed by atoms with Crippen LogP contribution in [0.5, 0.6) is 0 Å². The molecular weight excluding hydrogens is 281 g/mol. The van der Waals surface area contributed by atoms with E-state index in [2.05, 4.69) is 27.2 Å². The highest BCUT2D eigenvalue weighted by Crippen LogP contribution is 2.23. The quantitative estimate of drug-likeness (QED) is 0.849. The van der Waals surface area contributed by atoms with E-state index in [0.29, 0.717) is 5.95 Å². The topological polar surface area (TPSA) is 53.9 Å². The molecule has 0 aliphatic rings. The Morgan fingerprint density at radius 3 is 2.77 bits per heavy atom. The van der Waals surface area contributed by atoms with E-state index in [1.54, 1.807) is 25.2 Å². The first-order valence-electron chi connectivity index (χ1n) is 7.48. The van der Waals surface area contributed by atoms with Gasteiger partial charge >= 0.3 is 0 Å². The Labute approximate surface area is 130 Å². The Morgan fingerprint density at radius 2 is 2.14 bits per heavy atom. The molecule has 2 rings (SSSR count). The summed E-state index contributed by atoms with van der Waals surface area (Å²) in [7, 11) is 3.51. The van der Waals surface area contributed by atoms with E-state index >= 15 is 0 Å². The van der Waals surface area contributed by atoms with Crippen molar-refractivity contribution in [2.24, 2.45) is 0 Å². The summed E-state index contributed by atoms with van der Waals surface area (Å²) in [6.45, 7) is 2.15. The highest BCUT2D eigenvalue weighted by atomic mass is 19.1. The first kappa shape index (κ1) is 16.1. The van der Waals surface area contributed by atoms with Crippen molar-refractivity contribution in [1.82, 2.24) is 15.0 Å². The number of hydrogen-bond acceptors (Lipinski definition) is 5. The predicted octanol–water partition coefficient (Wildman–Crippen LogP) is 3.42. The molecule has 0 amide bonds. The van der Waals surface area contributed by atoms with Crippen molar-refractivity contribution in [2.75, 3.05) is 24.3 Å². The van der Waals surface area contributed by atoms with Crippen LogP contribution in [-0.2, 0) is 0 Å². The first-order chi connectivity index (χ1) is 10.6. The van der Waals surface area contributed by atoms with Gasteiger partial charge in [-0.25, -0.2) is 9.37 Å².